The summed E-state index contributed by atoms with van der Waals surface area (Å²) in [5.74, 6) is 0.517. The fourth-order valence-electron chi connectivity index (χ4n) is 3.20. The van der Waals surface area contributed by atoms with Crippen molar-refractivity contribution in [1.82, 2.24) is 15.1 Å². The third kappa shape index (κ3) is 3.67. The summed E-state index contributed by atoms with van der Waals surface area (Å²) in [5.41, 5.74) is 3.85. The first kappa shape index (κ1) is 17.1. The van der Waals surface area contributed by atoms with Crippen LogP contribution in [0.4, 0.5) is 4.39 Å². The SMILES string of the molecule is Cc1nn(-c2ccc(F)cc2)c(C)c1CNCC1CCS(=O)(=O)C1. The summed E-state index contributed by atoms with van der Waals surface area (Å²) < 4.78 is 37.9. The molecule has 0 spiro atoms. The predicted molar refractivity (Wildman–Crippen MR) is 91.5 cm³/mol. The van der Waals surface area contributed by atoms with Gasteiger partial charge >= 0.3 is 0 Å². The summed E-state index contributed by atoms with van der Waals surface area (Å²) in [6.45, 7) is 5.28. The van der Waals surface area contributed by atoms with Crippen LogP contribution in [0, 0.1) is 25.6 Å². The molecule has 130 valence electrons. The number of rotatable bonds is 5. The minimum Gasteiger partial charge on any atom is -0.312 e. The predicted octanol–water partition coefficient (Wildman–Crippen LogP) is 2.15. The van der Waals surface area contributed by atoms with Crippen molar-refractivity contribution in [2.45, 2.75) is 26.8 Å². The van der Waals surface area contributed by atoms with Crippen molar-refractivity contribution in [3.63, 3.8) is 0 Å². The molecule has 2 aromatic rings. The van der Waals surface area contributed by atoms with E-state index >= 15 is 0 Å². The van der Waals surface area contributed by atoms with Crippen LogP contribution < -0.4 is 5.32 Å². The van der Waals surface area contributed by atoms with Gasteiger partial charge in [0.2, 0.25) is 0 Å². The lowest BCUT2D eigenvalue weighted by Gasteiger charge is -2.10. The van der Waals surface area contributed by atoms with Gasteiger partial charge in [0, 0.05) is 17.8 Å². The Labute approximate surface area is 141 Å². The van der Waals surface area contributed by atoms with Crippen LogP contribution in [-0.2, 0) is 16.4 Å². The van der Waals surface area contributed by atoms with Crippen LogP contribution >= 0.6 is 0 Å². The Morgan fingerprint density at radius 3 is 2.62 bits per heavy atom. The molecule has 0 amide bonds. The molecule has 1 aliphatic rings. The van der Waals surface area contributed by atoms with Crippen LogP contribution in [0.3, 0.4) is 0 Å². The number of aromatic nitrogens is 2. The van der Waals surface area contributed by atoms with E-state index in [0.717, 1.165) is 29.1 Å². The van der Waals surface area contributed by atoms with E-state index in [1.807, 2.05) is 18.5 Å². The van der Waals surface area contributed by atoms with Gasteiger partial charge in [-0.25, -0.2) is 17.5 Å². The molecular formula is C17H22FN3O2S. The molecule has 1 aromatic heterocycles. The Hall–Kier alpha value is -1.73. The zero-order valence-electron chi connectivity index (χ0n) is 13.9. The Kier molecular flexibility index (Phi) is 4.73. The van der Waals surface area contributed by atoms with Gasteiger partial charge in [-0.3, -0.25) is 0 Å². The summed E-state index contributed by atoms with van der Waals surface area (Å²) in [6, 6.07) is 6.25. The maximum absolute atomic E-state index is 13.1. The molecule has 7 heteroatoms. The number of hydrogen-bond acceptors (Lipinski definition) is 4. The summed E-state index contributed by atoms with van der Waals surface area (Å²) in [4.78, 5) is 0. The van der Waals surface area contributed by atoms with Crippen LogP contribution in [0.2, 0.25) is 0 Å². The van der Waals surface area contributed by atoms with Crippen molar-refractivity contribution in [3.05, 3.63) is 47.0 Å². The third-order valence-corrected chi connectivity index (χ3v) is 6.41. The summed E-state index contributed by atoms with van der Waals surface area (Å²) >= 11 is 0. The maximum atomic E-state index is 13.1. The van der Waals surface area contributed by atoms with Gasteiger partial charge in [0.1, 0.15) is 5.82 Å². The van der Waals surface area contributed by atoms with Crippen LogP contribution in [0.25, 0.3) is 5.69 Å². The van der Waals surface area contributed by atoms with Gasteiger partial charge in [-0.15, -0.1) is 0 Å². The lowest BCUT2D eigenvalue weighted by atomic mass is 10.1. The smallest absolute Gasteiger partial charge is 0.150 e. The van der Waals surface area contributed by atoms with Crippen molar-refractivity contribution >= 4 is 9.84 Å². The molecule has 1 aromatic carbocycles. The highest BCUT2D eigenvalue weighted by Crippen LogP contribution is 2.20. The molecule has 24 heavy (non-hydrogen) atoms. The molecule has 1 unspecified atom stereocenters. The second-order valence-corrected chi connectivity index (χ2v) is 8.67. The van der Waals surface area contributed by atoms with Crippen molar-refractivity contribution in [3.8, 4) is 5.69 Å². The molecule has 0 radical (unpaired) electrons. The minimum absolute atomic E-state index is 0.197. The molecule has 1 saturated heterocycles. The van der Waals surface area contributed by atoms with Crippen molar-refractivity contribution in [2.24, 2.45) is 5.92 Å². The molecule has 0 aliphatic carbocycles. The first-order chi connectivity index (χ1) is 11.4. The molecule has 3 rings (SSSR count). The molecule has 1 fully saturated rings. The molecule has 0 bridgehead atoms. The summed E-state index contributed by atoms with van der Waals surface area (Å²) in [5, 5.41) is 7.90. The quantitative estimate of drug-likeness (QED) is 0.897. The number of nitrogens with zero attached hydrogens (tertiary/aromatic N) is 2. The molecule has 1 aliphatic heterocycles. The van der Waals surface area contributed by atoms with E-state index in [2.05, 4.69) is 10.4 Å². The number of aryl methyl sites for hydroxylation is 1. The van der Waals surface area contributed by atoms with Crippen molar-refractivity contribution < 1.29 is 12.8 Å². The van der Waals surface area contributed by atoms with E-state index in [4.69, 9.17) is 0 Å². The topological polar surface area (TPSA) is 64.0 Å². The average molecular weight is 351 g/mol. The number of benzene rings is 1. The van der Waals surface area contributed by atoms with E-state index in [9.17, 15) is 12.8 Å². The highest BCUT2D eigenvalue weighted by atomic mass is 32.2. The second kappa shape index (κ2) is 6.64. The molecule has 1 N–H and O–H groups in total. The lowest BCUT2D eigenvalue weighted by Crippen LogP contribution is -2.23. The third-order valence-electron chi connectivity index (χ3n) is 4.57. The van der Waals surface area contributed by atoms with Gasteiger partial charge in [-0.2, -0.15) is 5.10 Å². The van der Waals surface area contributed by atoms with E-state index < -0.39 is 9.84 Å². The Balaban J connectivity index is 1.67. The minimum atomic E-state index is -2.83. The van der Waals surface area contributed by atoms with Crippen molar-refractivity contribution in [2.75, 3.05) is 18.1 Å². The molecule has 1 atom stereocenters. The van der Waals surface area contributed by atoms with Crippen LogP contribution in [0.15, 0.2) is 24.3 Å². The van der Waals surface area contributed by atoms with E-state index in [1.54, 1.807) is 12.1 Å². The van der Waals surface area contributed by atoms with E-state index in [0.29, 0.717) is 18.8 Å². The number of nitrogens with one attached hydrogen (secondary N) is 1. The molecule has 0 saturated carbocycles. The van der Waals surface area contributed by atoms with Crippen LogP contribution in [-0.4, -0.2) is 36.2 Å². The zero-order valence-corrected chi connectivity index (χ0v) is 14.7. The molecule has 5 nitrogen and oxygen atoms in total. The van der Waals surface area contributed by atoms with Gasteiger partial charge in [-0.1, -0.05) is 0 Å². The fraction of sp³-hybridized carbons (Fsp3) is 0.471. The number of sulfone groups is 1. The number of halogens is 1. The number of hydrogen-bond donors (Lipinski definition) is 1. The first-order valence-corrected chi connectivity index (χ1v) is 9.90. The largest absolute Gasteiger partial charge is 0.312 e. The van der Waals surface area contributed by atoms with Gasteiger partial charge in [-0.05, 0) is 57.0 Å². The first-order valence-electron chi connectivity index (χ1n) is 8.08. The van der Waals surface area contributed by atoms with Gasteiger partial charge in [0.15, 0.2) is 9.84 Å². The lowest BCUT2D eigenvalue weighted by molar-refractivity contribution is 0.519. The standard InChI is InChI=1S/C17H22FN3O2S/c1-12-17(10-19-9-14-7-8-24(22,23)11-14)13(2)21(20-12)16-5-3-15(18)4-6-16/h3-6,14,19H,7-11H2,1-2H3. The fourth-order valence-corrected chi connectivity index (χ4v) is 5.06. The molecular weight excluding hydrogens is 329 g/mol. The molecule has 2 heterocycles. The Bertz CT molecular complexity index is 828. The monoisotopic (exact) mass is 351 g/mol. The average Bonchev–Trinajstić information content (AvgIpc) is 3.01. The van der Waals surface area contributed by atoms with Crippen LogP contribution in [0.1, 0.15) is 23.4 Å². The maximum Gasteiger partial charge on any atom is 0.150 e. The van der Waals surface area contributed by atoms with Crippen LogP contribution in [0.5, 0.6) is 0 Å². The van der Waals surface area contributed by atoms with Gasteiger partial charge in [0.25, 0.3) is 0 Å². The second-order valence-electron chi connectivity index (χ2n) is 6.44. The van der Waals surface area contributed by atoms with Crippen molar-refractivity contribution in [1.29, 1.82) is 0 Å². The Morgan fingerprint density at radius 2 is 2.00 bits per heavy atom. The zero-order chi connectivity index (χ0) is 17.3. The Morgan fingerprint density at radius 1 is 1.29 bits per heavy atom. The highest BCUT2D eigenvalue weighted by Gasteiger charge is 2.27. The van der Waals surface area contributed by atoms with Gasteiger partial charge < -0.3 is 5.32 Å². The summed E-state index contributed by atoms with van der Waals surface area (Å²) in [6.07, 6.45) is 0.738. The summed E-state index contributed by atoms with van der Waals surface area (Å²) in [7, 11) is -2.83. The highest BCUT2D eigenvalue weighted by molar-refractivity contribution is 7.91. The normalized spacial score (nSPS) is 19.7. The van der Waals surface area contributed by atoms with E-state index in [1.165, 1.54) is 12.1 Å². The van der Waals surface area contributed by atoms with Gasteiger partial charge in [0.05, 0.1) is 22.9 Å². The van der Waals surface area contributed by atoms with E-state index in [-0.39, 0.29) is 17.5 Å².